The molecule has 0 radical (unpaired) electrons. The number of rotatable bonds is 0. The summed E-state index contributed by atoms with van der Waals surface area (Å²) in [7, 11) is 0. The standard InChI is InChI=1S/C11H13F3N2/c1-10(2)6-15-4-7-3-8(11(12,13)14)5-16-9(7)10/h3,5,15H,4,6H2,1-2H3. The van der Waals surface area contributed by atoms with Gasteiger partial charge in [-0.05, 0) is 11.6 Å². The number of halogens is 3. The Morgan fingerprint density at radius 3 is 2.69 bits per heavy atom. The molecule has 1 aromatic rings. The van der Waals surface area contributed by atoms with Crippen LogP contribution in [0.2, 0.25) is 0 Å². The molecule has 2 heterocycles. The second-order valence-electron chi connectivity index (χ2n) is 4.72. The Balaban J connectivity index is 2.48. The number of pyridine rings is 1. The average Bonchev–Trinajstić information content (AvgIpc) is 2.15. The van der Waals surface area contributed by atoms with Crippen molar-refractivity contribution in [3.05, 3.63) is 29.1 Å². The summed E-state index contributed by atoms with van der Waals surface area (Å²) in [5.74, 6) is 0. The summed E-state index contributed by atoms with van der Waals surface area (Å²) in [4.78, 5) is 3.98. The number of alkyl halides is 3. The molecule has 1 aliphatic heterocycles. The Morgan fingerprint density at radius 2 is 2.06 bits per heavy atom. The van der Waals surface area contributed by atoms with Crippen LogP contribution in [0.15, 0.2) is 12.3 Å². The monoisotopic (exact) mass is 230 g/mol. The molecule has 0 saturated carbocycles. The van der Waals surface area contributed by atoms with Crippen LogP contribution in [-0.2, 0) is 18.1 Å². The average molecular weight is 230 g/mol. The number of hydrogen-bond acceptors (Lipinski definition) is 2. The van der Waals surface area contributed by atoms with Crippen molar-refractivity contribution in [3.63, 3.8) is 0 Å². The Labute approximate surface area is 91.9 Å². The minimum atomic E-state index is -4.32. The number of fused-ring (bicyclic) bond motifs is 1. The molecule has 5 heteroatoms. The number of nitrogens with one attached hydrogen (secondary N) is 1. The molecular formula is C11H13F3N2. The summed E-state index contributed by atoms with van der Waals surface area (Å²) in [6.07, 6.45) is -3.39. The molecule has 88 valence electrons. The van der Waals surface area contributed by atoms with Gasteiger partial charge in [-0.25, -0.2) is 0 Å². The molecule has 1 aliphatic rings. The zero-order valence-electron chi connectivity index (χ0n) is 9.15. The second-order valence-corrected chi connectivity index (χ2v) is 4.72. The lowest BCUT2D eigenvalue weighted by molar-refractivity contribution is -0.137. The molecule has 2 nitrogen and oxygen atoms in total. The van der Waals surface area contributed by atoms with Gasteiger partial charge in [-0.2, -0.15) is 13.2 Å². The Kier molecular flexibility index (Phi) is 2.45. The van der Waals surface area contributed by atoms with Crippen LogP contribution in [0.3, 0.4) is 0 Å². The molecule has 0 amide bonds. The maximum absolute atomic E-state index is 12.5. The first-order valence-corrected chi connectivity index (χ1v) is 5.08. The van der Waals surface area contributed by atoms with Crippen molar-refractivity contribution in [2.75, 3.05) is 6.54 Å². The van der Waals surface area contributed by atoms with Crippen LogP contribution in [0.1, 0.15) is 30.7 Å². The van der Waals surface area contributed by atoms with E-state index in [1.54, 1.807) is 0 Å². The maximum atomic E-state index is 12.5. The van der Waals surface area contributed by atoms with Crippen LogP contribution in [-0.4, -0.2) is 11.5 Å². The van der Waals surface area contributed by atoms with Crippen molar-refractivity contribution in [3.8, 4) is 0 Å². The van der Waals surface area contributed by atoms with Crippen molar-refractivity contribution >= 4 is 0 Å². The van der Waals surface area contributed by atoms with Gasteiger partial charge in [0.15, 0.2) is 0 Å². The van der Waals surface area contributed by atoms with Gasteiger partial charge < -0.3 is 5.32 Å². The third-order valence-corrected chi connectivity index (χ3v) is 2.82. The molecule has 16 heavy (non-hydrogen) atoms. The van der Waals surface area contributed by atoms with E-state index in [-0.39, 0.29) is 5.41 Å². The van der Waals surface area contributed by atoms with Gasteiger partial charge in [0, 0.05) is 24.7 Å². The van der Waals surface area contributed by atoms with E-state index in [4.69, 9.17) is 0 Å². The number of hydrogen-bond donors (Lipinski definition) is 1. The zero-order chi connectivity index (χ0) is 12.0. The van der Waals surface area contributed by atoms with Crippen LogP contribution in [0.25, 0.3) is 0 Å². The highest BCUT2D eigenvalue weighted by Gasteiger charge is 2.34. The van der Waals surface area contributed by atoms with Crippen LogP contribution < -0.4 is 5.32 Å². The van der Waals surface area contributed by atoms with E-state index in [9.17, 15) is 13.2 Å². The van der Waals surface area contributed by atoms with E-state index < -0.39 is 11.7 Å². The topological polar surface area (TPSA) is 24.9 Å². The zero-order valence-corrected chi connectivity index (χ0v) is 9.15. The lowest BCUT2D eigenvalue weighted by Gasteiger charge is -2.32. The summed E-state index contributed by atoms with van der Waals surface area (Å²) in [6.45, 7) is 5.13. The fourth-order valence-corrected chi connectivity index (χ4v) is 2.00. The van der Waals surface area contributed by atoms with Crippen molar-refractivity contribution in [1.82, 2.24) is 10.3 Å². The van der Waals surface area contributed by atoms with Crippen LogP contribution in [0.5, 0.6) is 0 Å². The minimum Gasteiger partial charge on any atom is -0.312 e. The van der Waals surface area contributed by atoms with E-state index >= 15 is 0 Å². The van der Waals surface area contributed by atoms with Crippen molar-refractivity contribution in [2.24, 2.45) is 0 Å². The van der Waals surface area contributed by atoms with E-state index in [1.165, 1.54) is 6.07 Å². The highest BCUT2D eigenvalue weighted by molar-refractivity contribution is 5.33. The molecule has 0 atom stereocenters. The molecule has 0 aromatic carbocycles. The van der Waals surface area contributed by atoms with E-state index in [2.05, 4.69) is 10.3 Å². The smallest absolute Gasteiger partial charge is 0.312 e. The normalized spacial score (nSPS) is 19.3. The number of nitrogens with zero attached hydrogens (tertiary/aromatic N) is 1. The molecule has 1 aromatic heterocycles. The van der Waals surface area contributed by atoms with Gasteiger partial charge in [0.25, 0.3) is 0 Å². The molecule has 0 bridgehead atoms. The predicted molar refractivity (Wildman–Crippen MR) is 54.0 cm³/mol. The highest BCUT2D eigenvalue weighted by Crippen LogP contribution is 2.33. The molecule has 2 rings (SSSR count). The van der Waals surface area contributed by atoms with E-state index in [1.807, 2.05) is 13.8 Å². The summed E-state index contributed by atoms with van der Waals surface area (Å²) < 4.78 is 37.5. The Morgan fingerprint density at radius 1 is 1.38 bits per heavy atom. The highest BCUT2D eigenvalue weighted by atomic mass is 19.4. The first-order chi connectivity index (χ1) is 7.31. The third kappa shape index (κ3) is 1.91. The third-order valence-electron chi connectivity index (χ3n) is 2.82. The summed E-state index contributed by atoms with van der Waals surface area (Å²) in [5, 5.41) is 3.10. The van der Waals surface area contributed by atoms with Gasteiger partial charge in [0.2, 0.25) is 0 Å². The van der Waals surface area contributed by atoms with Crippen LogP contribution in [0, 0.1) is 0 Å². The number of aromatic nitrogens is 1. The van der Waals surface area contributed by atoms with Gasteiger partial charge in [0.05, 0.1) is 11.3 Å². The molecule has 0 unspecified atom stereocenters. The SMILES string of the molecule is CC1(C)CNCc2cc(C(F)(F)F)cnc21. The molecule has 1 N–H and O–H groups in total. The fraction of sp³-hybridized carbons (Fsp3) is 0.545. The first-order valence-electron chi connectivity index (χ1n) is 5.08. The van der Waals surface area contributed by atoms with E-state index in [0.717, 1.165) is 18.4 Å². The maximum Gasteiger partial charge on any atom is 0.417 e. The van der Waals surface area contributed by atoms with Crippen molar-refractivity contribution in [2.45, 2.75) is 32.0 Å². The summed E-state index contributed by atoms with van der Waals surface area (Å²) in [6, 6.07) is 1.19. The van der Waals surface area contributed by atoms with Crippen molar-refractivity contribution < 1.29 is 13.2 Å². The molecule has 0 aliphatic carbocycles. The van der Waals surface area contributed by atoms with Gasteiger partial charge in [-0.1, -0.05) is 13.8 Å². The second kappa shape index (κ2) is 3.45. The van der Waals surface area contributed by atoms with Gasteiger partial charge >= 0.3 is 6.18 Å². The van der Waals surface area contributed by atoms with Crippen LogP contribution >= 0.6 is 0 Å². The molecular weight excluding hydrogens is 217 g/mol. The quantitative estimate of drug-likeness (QED) is 0.740. The summed E-state index contributed by atoms with van der Waals surface area (Å²) >= 11 is 0. The molecule has 0 fully saturated rings. The van der Waals surface area contributed by atoms with E-state index in [0.29, 0.717) is 12.1 Å². The predicted octanol–water partition coefficient (Wildman–Crippen LogP) is 2.48. The van der Waals surface area contributed by atoms with Gasteiger partial charge in [-0.3, -0.25) is 4.98 Å². The molecule has 0 saturated heterocycles. The summed E-state index contributed by atoms with van der Waals surface area (Å²) in [5.41, 5.74) is 0.522. The van der Waals surface area contributed by atoms with Crippen molar-refractivity contribution in [1.29, 1.82) is 0 Å². The Bertz CT molecular complexity index is 410. The minimum absolute atomic E-state index is 0.211. The largest absolute Gasteiger partial charge is 0.417 e. The lowest BCUT2D eigenvalue weighted by atomic mass is 9.83. The van der Waals surface area contributed by atoms with Gasteiger partial charge in [-0.15, -0.1) is 0 Å². The first kappa shape index (κ1) is 11.4. The Hall–Kier alpha value is -1.10. The van der Waals surface area contributed by atoms with Gasteiger partial charge in [0.1, 0.15) is 0 Å². The van der Waals surface area contributed by atoms with Crippen LogP contribution in [0.4, 0.5) is 13.2 Å². The molecule has 0 spiro atoms. The lowest BCUT2D eigenvalue weighted by Crippen LogP contribution is -2.39. The fourth-order valence-electron chi connectivity index (χ4n) is 2.00.